The molecule has 1 aliphatic carbocycles. The molecule has 3 nitrogen and oxygen atoms in total. The van der Waals surface area contributed by atoms with Gasteiger partial charge < -0.3 is 4.98 Å². The largest absolute Gasteiger partial charge is 0.329 e. The summed E-state index contributed by atoms with van der Waals surface area (Å²) in [6, 6.07) is 4.41. The SMILES string of the molecule is S=c1[nH]c2cccnc2n1C1CC=CCC1. The van der Waals surface area contributed by atoms with Crippen LogP contribution < -0.4 is 0 Å². The van der Waals surface area contributed by atoms with E-state index >= 15 is 0 Å². The summed E-state index contributed by atoms with van der Waals surface area (Å²) in [6.07, 6.45) is 9.62. The van der Waals surface area contributed by atoms with Gasteiger partial charge in [0.1, 0.15) is 0 Å². The molecule has 16 heavy (non-hydrogen) atoms. The Morgan fingerprint density at radius 2 is 2.38 bits per heavy atom. The van der Waals surface area contributed by atoms with Crippen LogP contribution in [0.15, 0.2) is 30.5 Å². The van der Waals surface area contributed by atoms with Crippen molar-refractivity contribution in [1.29, 1.82) is 0 Å². The van der Waals surface area contributed by atoms with Gasteiger partial charge in [0.2, 0.25) is 0 Å². The summed E-state index contributed by atoms with van der Waals surface area (Å²) in [5.74, 6) is 0. The molecule has 2 aromatic rings. The Balaban J connectivity index is 2.18. The lowest BCUT2D eigenvalue weighted by molar-refractivity contribution is 0.465. The van der Waals surface area contributed by atoms with E-state index in [9.17, 15) is 0 Å². The molecule has 0 radical (unpaired) electrons. The molecule has 1 aliphatic rings. The standard InChI is InChI=1S/C12H13N3S/c16-12-14-10-7-4-8-13-11(10)15(12)9-5-2-1-3-6-9/h1-2,4,7-9H,3,5-6H2,(H,14,16). The summed E-state index contributed by atoms with van der Waals surface area (Å²) < 4.78 is 2.95. The third-order valence-electron chi connectivity index (χ3n) is 3.08. The third kappa shape index (κ3) is 1.50. The minimum absolute atomic E-state index is 0.459. The Morgan fingerprint density at radius 3 is 3.19 bits per heavy atom. The fraction of sp³-hybridized carbons (Fsp3) is 0.333. The van der Waals surface area contributed by atoms with Gasteiger partial charge in [0.05, 0.1) is 5.52 Å². The van der Waals surface area contributed by atoms with Gasteiger partial charge in [-0.15, -0.1) is 0 Å². The topological polar surface area (TPSA) is 33.6 Å². The summed E-state index contributed by atoms with van der Waals surface area (Å²) in [4.78, 5) is 7.63. The molecular weight excluding hydrogens is 218 g/mol. The number of allylic oxidation sites excluding steroid dienone is 2. The number of hydrogen-bond acceptors (Lipinski definition) is 2. The number of pyridine rings is 1. The van der Waals surface area contributed by atoms with Gasteiger partial charge in [0.25, 0.3) is 0 Å². The van der Waals surface area contributed by atoms with Crippen molar-refractivity contribution >= 4 is 23.4 Å². The summed E-state index contributed by atoms with van der Waals surface area (Å²) in [6.45, 7) is 0. The lowest BCUT2D eigenvalue weighted by Gasteiger charge is -2.19. The van der Waals surface area contributed by atoms with Crippen molar-refractivity contribution < 1.29 is 0 Å². The second-order valence-electron chi connectivity index (χ2n) is 4.11. The van der Waals surface area contributed by atoms with Crippen LogP contribution in [0.25, 0.3) is 11.2 Å². The van der Waals surface area contributed by atoms with Crippen LogP contribution in [0.3, 0.4) is 0 Å². The second kappa shape index (κ2) is 3.87. The maximum Gasteiger partial charge on any atom is 0.179 e. The summed E-state index contributed by atoms with van der Waals surface area (Å²) in [5.41, 5.74) is 2.01. The highest BCUT2D eigenvalue weighted by Crippen LogP contribution is 2.27. The summed E-state index contributed by atoms with van der Waals surface area (Å²) in [7, 11) is 0. The van der Waals surface area contributed by atoms with E-state index in [2.05, 4.69) is 26.7 Å². The first-order chi connectivity index (χ1) is 7.86. The third-order valence-corrected chi connectivity index (χ3v) is 3.38. The number of nitrogens with zero attached hydrogens (tertiary/aromatic N) is 2. The average Bonchev–Trinajstić information content (AvgIpc) is 2.66. The second-order valence-corrected chi connectivity index (χ2v) is 4.50. The van der Waals surface area contributed by atoms with E-state index < -0.39 is 0 Å². The fourth-order valence-electron chi connectivity index (χ4n) is 2.31. The highest BCUT2D eigenvalue weighted by molar-refractivity contribution is 7.71. The Labute approximate surface area is 98.8 Å². The predicted octanol–water partition coefficient (Wildman–Crippen LogP) is 3.38. The first kappa shape index (κ1) is 9.78. The molecule has 2 heterocycles. The molecule has 0 saturated carbocycles. The molecule has 0 fully saturated rings. The van der Waals surface area contributed by atoms with E-state index in [0.717, 1.165) is 35.2 Å². The number of aromatic nitrogens is 3. The van der Waals surface area contributed by atoms with Crippen LogP contribution in [0, 0.1) is 4.77 Å². The molecule has 0 aromatic carbocycles. The minimum Gasteiger partial charge on any atom is -0.329 e. The van der Waals surface area contributed by atoms with Gasteiger partial charge in [-0.1, -0.05) is 12.2 Å². The maximum absolute atomic E-state index is 5.38. The molecule has 1 N–H and O–H groups in total. The number of aromatic amines is 1. The molecule has 1 unspecified atom stereocenters. The lowest BCUT2D eigenvalue weighted by Crippen LogP contribution is -2.10. The van der Waals surface area contributed by atoms with Crippen LogP contribution in [0.2, 0.25) is 0 Å². The molecule has 4 heteroatoms. The van der Waals surface area contributed by atoms with Crippen molar-refractivity contribution in [1.82, 2.24) is 14.5 Å². The van der Waals surface area contributed by atoms with E-state index in [1.807, 2.05) is 18.3 Å². The zero-order valence-electron chi connectivity index (χ0n) is 8.89. The number of imidazole rings is 1. The number of nitrogens with one attached hydrogen (secondary N) is 1. The fourth-order valence-corrected chi connectivity index (χ4v) is 2.65. The molecule has 0 aliphatic heterocycles. The van der Waals surface area contributed by atoms with Crippen molar-refractivity contribution in [2.24, 2.45) is 0 Å². The van der Waals surface area contributed by atoms with Crippen molar-refractivity contribution in [3.05, 3.63) is 35.3 Å². The first-order valence-electron chi connectivity index (χ1n) is 5.56. The van der Waals surface area contributed by atoms with Gasteiger partial charge in [0, 0.05) is 12.2 Å². The molecule has 3 rings (SSSR count). The molecule has 0 spiro atoms. The zero-order valence-corrected chi connectivity index (χ0v) is 9.70. The van der Waals surface area contributed by atoms with Crippen molar-refractivity contribution in [3.8, 4) is 0 Å². The molecule has 0 saturated heterocycles. The van der Waals surface area contributed by atoms with Crippen LogP contribution in [0.5, 0.6) is 0 Å². The number of rotatable bonds is 1. The van der Waals surface area contributed by atoms with Crippen LogP contribution in [0.4, 0.5) is 0 Å². The normalized spacial score (nSPS) is 20.4. The Bertz CT molecular complexity index is 594. The molecule has 1 atom stereocenters. The average molecular weight is 231 g/mol. The van der Waals surface area contributed by atoms with Gasteiger partial charge in [-0.3, -0.25) is 4.57 Å². The van der Waals surface area contributed by atoms with Crippen LogP contribution in [0.1, 0.15) is 25.3 Å². The number of fused-ring (bicyclic) bond motifs is 1. The van der Waals surface area contributed by atoms with E-state index in [1.165, 1.54) is 0 Å². The van der Waals surface area contributed by atoms with E-state index in [4.69, 9.17) is 12.2 Å². The highest BCUT2D eigenvalue weighted by atomic mass is 32.1. The highest BCUT2D eigenvalue weighted by Gasteiger charge is 2.16. The summed E-state index contributed by atoms with van der Waals surface area (Å²) >= 11 is 5.38. The molecule has 82 valence electrons. The molecule has 0 bridgehead atoms. The van der Waals surface area contributed by atoms with Crippen LogP contribution in [-0.4, -0.2) is 14.5 Å². The van der Waals surface area contributed by atoms with Gasteiger partial charge >= 0.3 is 0 Å². The molecular formula is C12H13N3S. The van der Waals surface area contributed by atoms with Crippen molar-refractivity contribution in [2.45, 2.75) is 25.3 Å². The van der Waals surface area contributed by atoms with Crippen LogP contribution >= 0.6 is 12.2 Å². The minimum atomic E-state index is 0.459. The van der Waals surface area contributed by atoms with Crippen LogP contribution in [-0.2, 0) is 0 Å². The summed E-state index contributed by atoms with van der Waals surface area (Å²) in [5, 5.41) is 0. The number of H-pyrrole nitrogens is 1. The van der Waals surface area contributed by atoms with E-state index in [0.29, 0.717) is 6.04 Å². The number of hydrogen-bond donors (Lipinski definition) is 1. The molecule has 2 aromatic heterocycles. The van der Waals surface area contributed by atoms with Crippen molar-refractivity contribution in [2.75, 3.05) is 0 Å². The quantitative estimate of drug-likeness (QED) is 0.603. The Kier molecular flexibility index (Phi) is 2.36. The first-order valence-corrected chi connectivity index (χ1v) is 5.97. The maximum atomic E-state index is 5.38. The lowest BCUT2D eigenvalue weighted by atomic mass is 10.0. The Morgan fingerprint density at radius 1 is 1.44 bits per heavy atom. The van der Waals surface area contributed by atoms with Crippen molar-refractivity contribution in [3.63, 3.8) is 0 Å². The van der Waals surface area contributed by atoms with Gasteiger partial charge in [-0.05, 0) is 43.6 Å². The van der Waals surface area contributed by atoms with Gasteiger partial charge in [-0.25, -0.2) is 4.98 Å². The Hall–Kier alpha value is -1.42. The smallest absolute Gasteiger partial charge is 0.179 e. The molecule has 0 amide bonds. The predicted molar refractivity (Wildman–Crippen MR) is 66.9 cm³/mol. The van der Waals surface area contributed by atoms with E-state index in [-0.39, 0.29) is 0 Å². The van der Waals surface area contributed by atoms with E-state index in [1.54, 1.807) is 0 Å². The van der Waals surface area contributed by atoms with Gasteiger partial charge in [0.15, 0.2) is 10.4 Å². The zero-order chi connectivity index (χ0) is 11.0. The monoisotopic (exact) mass is 231 g/mol. The van der Waals surface area contributed by atoms with Gasteiger partial charge in [-0.2, -0.15) is 0 Å².